The molecule has 17 heavy (non-hydrogen) atoms. The molecule has 3 atom stereocenters. The maximum atomic E-state index is 6.16. The lowest BCUT2D eigenvalue weighted by molar-refractivity contribution is -0.180. The molecule has 3 nitrogen and oxygen atoms in total. The highest BCUT2D eigenvalue weighted by atomic mass is 16.5. The molecule has 0 bridgehead atoms. The van der Waals surface area contributed by atoms with Crippen LogP contribution in [-0.2, 0) is 9.47 Å². The summed E-state index contributed by atoms with van der Waals surface area (Å²) >= 11 is 0. The predicted molar refractivity (Wildman–Crippen MR) is 69.3 cm³/mol. The molecule has 0 aromatic carbocycles. The van der Waals surface area contributed by atoms with E-state index in [9.17, 15) is 0 Å². The predicted octanol–water partition coefficient (Wildman–Crippen LogP) is 2.49. The molecule has 0 aromatic rings. The first-order valence-corrected chi connectivity index (χ1v) is 7.21. The molecular weight excluding hydrogens is 214 g/mol. The molecule has 1 saturated carbocycles. The maximum absolute atomic E-state index is 6.16. The van der Waals surface area contributed by atoms with Gasteiger partial charge in [-0.3, -0.25) is 0 Å². The zero-order valence-corrected chi connectivity index (χ0v) is 11.3. The quantitative estimate of drug-likeness (QED) is 0.820. The van der Waals surface area contributed by atoms with Crippen LogP contribution in [0.3, 0.4) is 0 Å². The zero-order chi connectivity index (χ0) is 12.1. The molecular formula is C14H27NO2. The second-order valence-electron chi connectivity index (χ2n) is 5.53. The van der Waals surface area contributed by atoms with E-state index in [1.807, 2.05) is 7.11 Å². The Morgan fingerprint density at radius 2 is 2.24 bits per heavy atom. The monoisotopic (exact) mass is 241 g/mol. The molecule has 1 heterocycles. The van der Waals surface area contributed by atoms with Crippen molar-refractivity contribution in [2.75, 3.05) is 20.3 Å². The van der Waals surface area contributed by atoms with Gasteiger partial charge in [-0.1, -0.05) is 19.8 Å². The Balaban J connectivity index is 1.97. The number of nitrogens with one attached hydrogen (secondary N) is 1. The smallest absolute Gasteiger partial charge is 0.0957 e. The highest BCUT2D eigenvalue weighted by molar-refractivity contribution is 4.98. The molecule has 1 N–H and O–H groups in total. The van der Waals surface area contributed by atoms with Crippen LogP contribution in [0.1, 0.15) is 51.9 Å². The van der Waals surface area contributed by atoms with Crippen molar-refractivity contribution in [3.05, 3.63) is 0 Å². The van der Waals surface area contributed by atoms with Gasteiger partial charge in [0.05, 0.1) is 11.7 Å². The van der Waals surface area contributed by atoms with Crippen LogP contribution in [-0.4, -0.2) is 38.0 Å². The maximum Gasteiger partial charge on any atom is 0.0957 e. The minimum atomic E-state index is 0.0106. The van der Waals surface area contributed by atoms with E-state index in [0.717, 1.165) is 32.4 Å². The SMILES string of the molecule is CCCNC1CCOC2(CCCCC2OC)C1. The minimum Gasteiger partial charge on any atom is -0.378 e. The number of hydrogen-bond acceptors (Lipinski definition) is 3. The molecule has 3 unspecified atom stereocenters. The third kappa shape index (κ3) is 3.01. The van der Waals surface area contributed by atoms with E-state index in [4.69, 9.17) is 9.47 Å². The van der Waals surface area contributed by atoms with Crippen molar-refractivity contribution in [1.29, 1.82) is 0 Å². The van der Waals surface area contributed by atoms with Crippen LogP contribution in [0, 0.1) is 0 Å². The number of rotatable bonds is 4. The average Bonchev–Trinajstić information content (AvgIpc) is 2.37. The molecule has 1 aliphatic carbocycles. The molecule has 1 saturated heterocycles. The summed E-state index contributed by atoms with van der Waals surface area (Å²) < 4.78 is 11.8. The zero-order valence-electron chi connectivity index (χ0n) is 11.3. The fourth-order valence-corrected chi connectivity index (χ4v) is 3.41. The summed E-state index contributed by atoms with van der Waals surface area (Å²) in [5, 5.41) is 3.65. The molecule has 0 aromatic heterocycles. The molecule has 2 aliphatic rings. The van der Waals surface area contributed by atoms with Crippen LogP contribution in [0.15, 0.2) is 0 Å². The van der Waals surface area contributed by atoms with Crippen molar-refractivity contribution in [2.24, 2.45) is 0 Å². The Bertz CT molecular complexity index is 230. The highest BCUT2D eigenvalue weighted by Crippen LogP contribution is 2.40. The second-order valence-corrected chi connectivity index (χ2v) is 5.53. The third-order valence-electron chi connectivity index (χ3n) is 4.32. The normalized spacial score (nSPS) is 38.5. The third-order valence-corrected chi connectivity index (χ3v) is 4.32. The summed E-state index contributed by atoms with van der Waals surface area (Å²) in [7, 11) is 1.84. The van der Waals surface area contributed by atoms with Gasteiger partial charge in [0.2, 0.25) is 0 Å². The van der Waals surface area contributed by atoms with Crippen molar-refractivity contribution in [3.8, 4) is 0 Å². The first-order valence-electron chi connectivity index (χ1n) is 7.21. The standard InChI is InChI=1S/C14H27NO2/c1-3-9-15-12-7-10-17-14(11-12)8-5-4-6-13(14)16-2/h12-13,15H,3-11H2,1-2H3. The first kappa shape index (κ1) is 13.3. The number of hydrogen-bond donors (Lipinski definition) is 1. The second kappa shape index (κ2) is 6.17. The van der Waals surface area contributed by atoms with Crippen molar-refractivity contribution >= 4 is 0 Å². The lowest BCUT2D eigenvalue weighted by Gasteiger charge is -2.48. The molecule has 0 radical (unpaired) electrons. The van der Waals surface area contributed by atoms with Crippen LogP contribution in [0.5, 0.6) is 0 Å². The van der Waals surface area contributed by atoms with Gasteiger partial charge in [-0.15, -0.1) is 0 Å². The lowest BCUT2D eigenvalue weighted by Crippen LogP contribution is -2.55. The summed E-state index contributed by atoms with van der Waals surface area (Å²) in [5.74, 6) is 0. The summed E-state index contributed by atoms with van der Waals surface area (Å²) in [4.78, 5) is 0. The van der Waals surface area contributed by atoms with E-state index < -0.39 is 0 Å². The number of methoxy groups -OCH3 is 1. The van der Waals surface area contributed by atoms with E-state index in [2.05, 4.69) is 12.2 Å². The molecule has 1 aliphatic heterocycles. The van der Waals surface area contributed by atoms with Gasteiger partial charge in [-0.25, -0.2) is 0 Å². The first-order chi connectivity index (χ1) is 8.30. The Morgan fingerprint density at radius 3 is 3.00 bits per heavy atom. The van der Waals surface area contributed by atoms with Gasteiger partial charge in [-0.2, -0.15) is 0 Å². The fourth-order valence-electron chi connectivity index (χ4n) is 3.41. The minimum absolute atomic E-state index is 0.0106. The van der Waals surface area contributed by atoms with Crippen molar-refractivity contribution < 1.29 is 9.47 Å². The van der Waals surface area contributed by atoms with Crippen molar-refractivity contribution in [3.63, 3.8) is 0 Å². The van der Waals surface area contributed by atoms with Crippen molar-refractivity contribution in [2.45, 2.75) is 69.6 Å². The van der Waals surface area contributed by atoms with E-state index in [1.165, 1.54) is 25.7 Å². The van der Waals surface area contributed by atoms with E-state index >= 15 is 0 Å². The summed E-state index contributed by atoms with van der Waals surface area (Å²) in [6.45, 7) is 4.24. The van der Waals surface area contributed by atoms with Gasteiger partial charge in [-0.05, 0) is 38.6 Å². The Hall–Kier alpha value is -0.120. The Kier molecular flexibility index (Phi) is 4.83. The van der Waals surface area contributed by atoms with Crippen LogP contribution >= 0.6 is 0 Å². The van der Waals surface area contributed by atoms with Crippen LogP contribution < -0.4 is 5.32 Å². The van der Waals surface area contributed by atoms with Crippen molar-refractivity contribution in [1.82, 2.24) is 5.32 Å². The topological polar surface area (TPSA) is 30.5 Å². The van der Waals surface area contributed by atoms with Crippen LogP contribution in [0.25, 0.3) is 0 Å². The average molecular weight is 241 g/mol. The molecule has 3 heteroatoms. The molecule has 1 spiro atoms. The van der Waals surface area contributed by atoms with Gasteiger partial charge >= 0.3 is 0 Å². The van der Waals surface area contributed by atoms with Gasteiger partial charge in [0.25, 0.3) is 0 Å². The van der Waals surface area contributed by atoms with E-state index in [0.29, 0.717) is 12.1 Å². The Labute approximate surface area is 105 Å². The Morgan fingerprint density at radius 1 is 1.35 bits per heavy atom. The molecule has 2 rings (SSSR count). The summed E-state index contributed by atoms with van der Waals surface area (Å²) in [6.07, 6.45) is 8.72. The molecule has 0 amide bonds. The van der Waals surface area contributed by atoms with Crippen LogP contribution in [0.2, 0.25) is 0 Å². The molecule has 2 fully saturated rings. The largest absolute Gasteiger partial charge is 0.378 e. The van der Waals surface area contributed by atoms with E-state index in [1.54, 1.807) is 0 Å². The van der Waals surface area contributed by atoms with Gasteiger partial charge in [0.1, 0.15) is 0 Å². The number of ether oxygens (including phenoxy) is 2. The summed E-state index contributed by atoms with van der Waals surface area (Å²) in [5.41, 5.74) is 0.0106. The fraction of sp³-hybridized carbons (Fsp3) is 1.00. The van der Waals surface area contributed by atoms with Gasteiger partial charge in [0, 0.05) is 19.8 Å². The van der Waals surface area contributed by atoms with Crippen LogP contribution in [0.4, 0.5) is 0 Å². The lowest BCUT2D eigenvalue weighted by atomic mass is 9.76. The van der Waals surface area contributed by atoms with E-state index in [-0.39, 0.29) is 5.60 Å². The highest BCUT2D eigenvalue weighted by Gasteiger charge is 2.45. The van der Waals surface area contributed by atoms with Gasteiger partial charge < -0.3 is 14.8 Å². The molecule has 100 valence electrons. The van der Waals surface area contributed by atoms with Gasteiger partial charge in [0.15, 0.2) is 0 Å². The summed E-state index contributed by atoms with van der Waals surface area (Å²) in [6, 6.07) is 0.624.